The maximum atomic E-state index is 11.9. The lowest BCUT2D eigenvalue weighted by molar-refractivity contribution is 0.210. The average Bonchev–Trinajstić information content (AvgIpc) is 3.02. The topological polar surface area (TPSA) is 110 Å². The molecule has 24 heavy (non-hydrogen) atoms. The Balaban J connectivity index is 2.17. The number of sulfonamides is 1. The third-order valence-corrected chi connectivity index (χ3v) is 4.59. The number of hydrogen-bond acceptors (Lipinski definition) is 5. The van der Waals surface area contributed by atoms with Gasteiger partial charge in [0.25, 0.3) is 0 Å². The summed E-state index contributed by atoms with van der Waals surface area (Å²) in [7, 11) is -2.22. The van der Waals surface area contributed by atoms with Gasteiger partial charge in [-0.2, -0.15) is 0 Å². The van der Waals surface area contributed by atoms with Crippen LogP contribution in [0.3, 0.4) is 0 Å². The number of ether oxygens (including phenoxy) is 1. The first-order valence-corrected chi connectivity index (χ1v) is 8.88. The molecule has 3 aromatic rings. The molecule has 0 bridgehead atoms. The minimum absolute atomic E-state index is 0.0848. The lowest BCUT2D eigenvalue weighted by Gasteiger charge is -2.12. The molecule has 0 aliphatic heterocycles. The van der Waals surface area contributed by atoms with Gasteiger partial charge in [-0.1, -0.05) is 18.2 Å². The van der Waals surface area contributed by atoms with Crippen molar-refractivity contribution in [3.05, 3.63) is 42.6 Å². The van der Waals surface area contributed by atoms with Crippen molar-refractivity contribution in [2.24, 2.45) is 5.14 Å². The molecule has 0 radical (unpaired) electrons. The van der Waals surface area contributed by atoms with E-state index >= 15 is 0 Å². The molecule has 8 heteroatoms. The summed E-state index contributed by atoms with van der Waals surface area (Å²) < 4.78 is 28.9. The molecular formula is C16H18N4O3S. The van der Waals surface area contributed by atoms with Gasteiger partial charge in [-0.25, -0.2) is 18.5 Å². The molecule has 0 fully saturated rings. The van der Waals surface area contributed by atoms with Crippen LogP contribution in [0.1, 0.15) is 0 Å². The predicted octanol–water partition coefficient (Wildman–Crippen LogP) is 1.94. The van der Waals surface area contributed by atoms with Gasteiger partial charge in [0.05, 0.1) is 11.5 Å². The average molecular weight is 346 g/mol. The minimum Gasteiger partial charge on any atom is -0.383 e. The number of rotatable bonds is 6. The second-order valence-electron chi connectivity index (χ2n) is 5.26. The van der Waals surface area contributed by atoms with E-state index in [-0.39, 0.29) is 4.90 Å². The number of nitrogens with two attached hydrogens (primary N) is 1. The zero-order valence-electron chi connectivity index (χ0n) is 13.1. The van der Waals surface area contributed by atoms with Crippen molar-refractivity contribution in [3.63, 3.8) is 0 Å². The number of pyridine rings is 1. The molecule has 2 aromatic heterocycles. The minimum atomic E-state index is -3.84. The van der Waals surface area contributed by atoms with E-state index in [4.69, 9.17) is 9.88 Å². The molecule has 2 heterocycles. The Bertz CT molecular complexity index is 966. The van der Waals surface area contributed by atoms with Gasteiger partial charge in [0, 0.05) is 30.8 Å². The van der Waals surface area contributed by atoms with Gasteiger partial charge < -0.3 is 15.0 Å². The molecule has 0 spiro atoms. The largest absolute Gasteiger partial charge is 0.383 e. The summed E-state index contributed by atoms with van der Waals surface area (Å²) in [6.07, 6.45) is 1.76. The van der Waals surface area contributed by atoms with Crippen molar-refractivity contribution in [1.29, 1.82) is 0 Å². The number of benzene rings is 1. The molecule has 0 unspecified atom stereocenters. The second-order valence-corrected chi connectivity index (χ2v) is 6.79. The first kappa shape index (κ1) is 16.4. The van der Waals surface area contributed by atoms with E-state index < -0.39 is 10.0 Å². The fourth-order valence-electron chi connectivity index (χ4n) is 2.57. The number of anilines is 1. The highest BCUT2D eigenvalue weighted by atomic mass is 32.2. The van der Waals surface area contributed by atoms with Crippen molar-refractivity contribution in [2.45, 2.75) is 4.90 Å². The molecule has 3 rings (SSSR count). The smallest absolute Gasteiger partial charge is 0.238 e. The number of methoxy groups -OCH3 is 1. The van der Waals surface area contributed by atoms with Crippen LogP contribution in [0, 0.1) is 0 Å². The summed E-state index contributed by atoms with van der Waals surface area (Å²) in [5, 5.41) is 9.35. The first-order valence-electron chi connectivity index (χ1n) is 7.34. The van der Waals surface area contributed by atoms with Gasteiger partial charge in [-0.15, -0.1) is 0 Å². The predicted molar refractivity (Wildman–Crippen MR) is 93.3 cm³/mol. The maximum Gasteiger partial charge on any atom is 0.238 e. The second kappa shape index (κ2) is 6.60. The number of aromatic amines is 1. The quantitative estimate of drug-likeness (QED) is 0.591. The summed E-state index contributed by atoms with van der Waals surface area (Å²) in [5.41, 5.74) is 1.95. The number of aromatic nitrogens is 2. The van der Waals surface area contributed by atoms with Crippen molar-refractivity contribution < 1.29 is 13.2 Å². The molecule has 7 nitrogen and oxygen atoms in total. The van der Waals surface area contributed by atoms with Crippen molar-refractivity contribution in [3.8, 4) is 11.1 Å². The summed E-state index contributed by atoms with van der Waals surface area (Å²) in [6.45, 7) is 1.12. The molecule has 0 aliphatic carbocycles. The Labute approximate surface area is 139 Å². The van der Waals surface area contributed by atoms with E-state index in [0.717, 1.165) is 10.9 Å². The molecule has 0 saturated carbocycles. The van der Waals surface area contributed by atoms with E-state index in [0.29, 0.717) is 30.2 Å². The number of primary sulfonamides is 1. The van der Waals surface area contributed by atoms with Crippen LogP contribution in [0.5, 0.6) is 0 Å². The molecule has 0 aliphatic rings. The van der Waals surface area contributed by atoms with Crippen molar-refractivity contribution in [1.82, 2.24) is 9.97 Å². The summed E-state index contributed by atoms with van der Waals surface area (Å²) in [6, 6.07) is 10.3. The van der Waals surface area contributed by atoms with Crippen LogP contribution in [0.15, 0.2) is 47.5 Å². The Morgan fingerprint density at radius 1 is 1.25 bits per heavy atom. The highest BCUT2D eigenvalue weighted by Gasteiger charge is 2.17. The van der Waals surface area contributed by atoms with Crippen LogP contribution in [-0.2, 0) is 14.8 Å². The molecule has 4 N–H and O–H groups in total. The van der Waals surface area contributed by atoms with Crippen LogP contribution in [0.2, 0.25) is 0 Å². The Hall–Kier alpha value is -2.42. The summed E-state index contributed by atoms with van der Waals surface area (Å²) in [4.78, 5) is 7.62. The zero-order valence-corrected chi connectivity index (χ0v) is 13.9. The van der Waals surface area contributed by atoms with E-state index in [9.17, 15) is 8.42 Å². The van der Waals surface area contributed by atoms with Crippen molar-refractivity contribution >= 4 is 26.9 Å². The Morgan fingerprint density at radius 3 is 2.79 bits per heavy atom. The molecular weight excluding hydrogens is 328 g/mol. The van der Waals surface area contributed by atoms with Gasteiger partial charge in [0.15, 0.2) is 0 Å². The normalized spacial score (nSPS) is 11.8. The number of nitrogens with one attached hydrogen (secondary N) is 2. The number of H-pyrrole nitrogens is 1. The highest BCUT2D eigenvalue weighted by Crippen LogP contribution is 2.33. The fourth-order valence-corrected chi connectivity index (χ4v) is 3.32. The monoisotopic (exact) mass is 346 g/mol. The highest BCUT2D eigenvalue weighted by molar-refractivity contribution is 7.89. The van der Waals surface area contributed by atoms with E-state index in [1.165, 1.54) is 6.07 Å². The van der Waals surface area contributed by atoms with E-state index in [2.05, 4.69) is 15.3 Å². The number of hydrogen-bond donors (Lipinski definition) is 3. The van der Waals surface area contributed by atoms with Crippen molar-refractivity contribution in [2.75, 3.05) is 25.6 Å². The SMILES string of the molecule is COCCNc1cc(-c2ccccc2S(N)(=O)=O)c2cc[nH]c2n1. The molecule has 0 amide bonds. The summed E-state index contributed by atoms with van der Waals surface area (Å²) >= 11 is 0. The lowest BCUT2D eigenvalue weighted by atomic mass is 10.0. The number of nitrogens with zero attached hydrogens (tertiary/aromatic N) is 1. The van der Waals surface area contributed by atoms with Crippen LogP contribution >= 0.6 is 0 Å². The Morgan fingerprint density at radius 2 is 2.04 bits per heavy atom. The Kier molecular flexibility index (Phi) is 4.52. The molecule has 0 atom stereocenters. The van der Waals surface area contributed by atoms with Crippen LogP contribution in [-0.4, -0.2) is 38.6 Å². The third kappa shape index (κ3) is 3.25. The van der Waals surface area contributed by atoms with Gasteiger partial charge in [-0.3, -0.25) is 0 Å². The molecule has 0 saturated heterocycles. The first-order chi connectivity index (χ1) is 11.5. The van der Waals surface area contributed by atoms with Gasteiger partial charge >= 0.3 is 0 Å². The van der Waals surface area contributed by atoms with Crippen LogP contribution in [0.25, 0.3) is 22.2 Å². The lowest BCUT2D eigenvalue weighted by Crippen LogP contribution is -2.13. The molecule has 126 valence electrons. The number of fused-ring (bicyclic) bond motifs is 1. The maximum absolute atomic E-state index is 11.9. The molecule has 1 aromatic carbocycles. The van der Waals surface area contributed by atoms with Gasteiger partial charge in [-0.05, 0) is 23.8 Å². The van der Waals surface area contributed by atoms with Gasteiger partial charge in [0.1, 0.15) is 11.5 Å². The standard InChI is InChI=1S/C16H18N4O3S/c1-23-9-8-18-15-10-13(12-6-7-19-16(12)20-15)11-4-2-3-5-14(11)24(17,21)22/h2-7,10H,8-9H2,1H3,(H2,17,21,22)(H2,18,19,20). The van der Waals surface area contributed by atoms with E-state index in [1.54, 1.807) is 31.5 Å². The summed E-state index contributed by atoms with van der Waals surface area (Å²) in [5.74, 6) is 0.626. The van der Waals surface area contributed by atoms with Gasteiger partial charge in [0.2, 0.25) is 10.0 Å². The third-order valence-electron chi connectivity index (χ3n) is 3.62. The van der Waals surface area contributed by atoms with E-state index in [1.807, 2.05) is 12.1 Å². The van der Waals surface area contributed by atoms with Crippen LogP contribution < -0.4 is 10.5 Å². The fraction of sp³-hybridized carbons (Fsp3) is 0.188. The zero-order chi connectivity index (χ0) is 17.2. The van der Waals surface area contributed by atoms with Crippen LogP contribution in [0.4, 0.5) is 5.82 Å².